The number of thioether (sulfide) groups is 1. The molecule has 202 valence electrons. The third-order valence-electron chi connectivity index (χ3n) is 6.13. The van der Waals surface area contributed by atoms with Crippen molar-refractivity contribution in [3.8, 4) is 11.5 Å². The predicted molar refractivity (Wildman–Crippen MR) is 164 cm³/mol. The van der Waals surface area contributed by atoms with Gasteiger partial charge in [-0.25, -0.2) is 0 Å². The first-order valence-corrected chi connectivity index (χ1v) is 13.7. The van der Waals surface area contributed by atoms with Crippen molar-refractivity contribution in [2.75, 3.05) is 42.4 Å². The zero-order valence-corrected chi connectivity index (χ0v) is 24.2. The summed E-state index contributed by atoms with van der Waals surface area (Å²) in [5.74, 6) is 0.480. The maximum absolute atomic E-state index is 13.2. The molecular weight excluding hydrogens is 530 g/mol. The highest BCUT2D eigenvalue weighted by Crippen LogP contribution is 2.37. The van der Waals surface area contributed by atoms with Crippen LogP contribution in [0.4, 0.5) is 17.1 Å². The average Bonchev–Trinajstić information content (AvgIpc) is 3.18. The summed E-state index contributed by atoms with van der Waals surface area (Å²) in [6.07, 6.45) is 1.78. The van der Waals surface area contributed by atoms with E-state index < -0.39 is 0 Å². The number of anilines is 3. The lowest BCUT2D eigenvalue weighted by molar-refractivity contribution is -0.118. The zero-order valence-electron chi connectivity index (χ0n) is 22.6. The van der Waals surface area contributed by atoms with Crippen LogP contribution in [0, 0.1) is 13.8 Å². The van der Waals surface area contributed by atoms with Crippen LogP contribution in [0.2, 0.25) is 0 Å². The monoisotopic (exact) mass is 561 g/mol. The number of carbonyl (C=O) groups is 2. The lowest BCUT2D eigenvalue weighted by atomic mass is 10.1. The minimum atomic E-state index is -0.271. The van der Waals surface area contributed by atoms with Crippen LogP contribution in [-0.4, -0.2) is 43.4 Å². The van der Waals surface area contributed by atoms with Crippen molar-refractivity contribution in [1.82, 2.24) is 0 Å². The maximum Gasteiger partial charge on any atom is 0.270 e. The number of aryl methyl sites for hydroxylation is 2. The van der Waals surface area contributed by atoms with E-state index in [0.717, 1.165) is 33.8 Å². The largest absolute Gasteiger partial charge is 0.490 e. The number of hydrogen-bond donors (Lipinski definition) is 1. The van der Waals surface area contributed by atoms with E-state index in [2.05, 4.69) is 5.32 Å². The molecule has 1 aliphatic rings. The third kappa shape index (κ3) is 6.79. The molecule has 1 heterocycles. The molecule has 39 heavy (non-hydrogen) atoms. The summed E-state index contributed by atoms with van der Waals surface area (Å²) in [7, 11) is 3.93. The molecule has 3 aromatic carbocycles. The van der Waals surface area contributed by atoms with Gasteiger partial charge in [-0.2, -0.15) is 0 Å². The highest BCUT2D eigenvalue weighted by Gasteiger charge is 2.33. The number of nitrogens with zero attached hydrogens (tertiary/aromatic N) is 2. The second-order valence-electron chi connectivity index (χ2n) is 9.20. The van der Waals surface area contributed by atoms with Crippen LogP contribution < -0.4 is 24.6 Å². The second-order valence-corrected chi connectivity index (χ2v) is 10.9. The van der Waals surface area contributed by atoms with Gasteiger partial charge < -0.3 is 19.7 Å². The van der Waals surface area contributed by atoms with E-state index in [4.69, 9.17) is 21.7 Å². The Balaban J connectivity index is 1.46. The maximum atomic E-state index is 13.2. The van der Waals surface area contributed by atoms with Crippen molar-refractivity contribution in [1.29, 1.82) is 0 Å². The Morgan fingerprint density at radius 1 is 1.00 bits per heavy atom. The summed E-state index contributed by atoms with van der Waals surface area (Å²) in [5, 5.41) is 2.85. The molecule has 1 aliphatic heterocycles. The molecule has 0 radical (unpaired) electrons. The number of amides is 2. The van der Waals surface area contributed by atoms with Crippen molar-refractivity contribution in [3.63, 3.8) is 0 Å². The zero-order chi connectivity index (χ0) is 28.1. The van der Waals surface area contributed by atoms with E-state index in [0.29, 0.717) is 27.3 Å². The number of hydrogen-bond acceptors (Lipinski definition) is 7. The summed E-state index contributed by atoms with van der Waals surface area (Å²) < 4.78 is 12.0. The lowest BCUT2D eigenvalue weighted by Gasteiger charge is -2.17. The normalized spacial score (nSPS) is 14.1. The van der Waals surface area contributed by atoms with Crippen molar-refractivity contribution in [2.24, 2.45) is 0 Å². The van der Waals surface area contributed by atoms with Crippen LogP contribution in [0.1, 0.15) is 23.6 Å². The van der Waals surface area contributed by atoms with Gasteiger partial charge in [0.25, 0.3) is 11.8 Å². The van der Waals surface area contributed by atoms with E-state index in [-0.39, 0.29) is 18.4 Å². The van der Waals surface area contributed by atoms with Gasteiger partial charge in [-0.05, 0) is 92.1 Å². The van der Waals surface area contributed by atoms with E-state index in [1.807, 2.05) is 88.3 Å². The summed E-state index contributed by atoms with van der Waals surface area (Å²) >= 11 is 6.77. The molecular formula is C30H31N3O4S2. The van der Waals surface area contributed by atoms with E-state index in [1.165, 1.54) is 11.8 Å². The Kier molecular flexibility index (Phi) is 8.93. The molecule has 7 nitrogen and oxygen atoms in total. The van der Waals surface area contributed by atoms with Gasteiger partial charge in [-0.1, -0.05) is 36.1 Å². The Morgan fingerprint density at radius 3 is 2.41 bits per heavy atom. The first-order chi connectivity index (χ1) is 18.7. The van der Waals surface area contributed by atoms with E-state index in [1.54, 1.807) is 23.1 Å². The molecule has 0 spiro atoms. The second kappa shape index (κ2) is 12.4. The van der Waals surface area contributed by atoms with Crippen molar-refractivity contribution in [3.05, 3.63) is 82.3 Å². The molecule has 9 heteroatoms. The van der Waals surface area contributed by atoms with Gasteiger partial charge in [-0.3, -0.25) is 14.5 Å². The third-order valence-corrected chi connectivity index (χ3v) is 7.43. The fourth-order valence-corrected chi connectivity index (χ4v) is 5.20. The smallest absolute Gasteiger partial charge is 0.270 e. The summed E-state index contributed by atoms with van der Waals surface area (Å²) in [6.45, 7) is 6.14. The molecule has 0 atom stereocenters. The van der Waals surface area contributed by atoms with Gasteiger partial charge in [0.1, 0.15) is 0 Å². The van der Waals surface area contributed by atoms with Crippen LogP contribution >= 0.6 is 24.0 Å². The van der Waals surface area contributed by atoms with Gasteiger partial charge in [0.2, 0.25) is 0 Å². The average molecular weight is 562 g/mol. The molecule has 2 amide bonds. The number of ether oxygens (including phenoxy) is 2. The highest BCUT2D eigenvalue weighted by atomic mass is 32.2. The Bertz CT molecular complexity index is 1430. The van der Waals surface area contributed by atoms with E-state index >= 15 is 0 Å². The summed E-state index contributed by atoms with van der Waals surface area (Å²) in [6, 6.07) is 18.8. The van der Waals surface area contributed by atoms with Gasteiger partial charge in [0.05, 0.1) is 17.2 Å². The number of rotatable bonds is 9. The molecule has 0 bridgehead atoms. The minimum Gasteiger partial charge on any atom is -0.490 e. The predicted octanol–water partition coefficient (Wildman–Crippen LogP) is 6.19. The molecule has 1 saturated heterocycles. The fraction of sp³-hybridized carbons (Fsp3) is 0.233. The van der Waals surface area contributed by atoms with Gasteiger partial charge in [0, 0.05) is 25.5 Å². The Hall–Kier alpha value is -3.82. The number of benzene rings is 3. The van der Waals surface area contributed by atoms with Gasteiger partial charge in [-0.15, -0.1) is 0 Å². The van der Waals surface area contributed by atoms with E-state index in [9.17, 15) is 9.59 Å². The van der Waals surface area contributed by atoms with Gasteiger partial charge >= 0.3 is 0 Å². The topological polar surface area (TPSA) is 71.1 Å². The molecule has 0 unspecified atom stereocenters. The van der Waals surface area contributed by atoms with Crippen LogP contribution in [0.3, 0.4) is 0 Å². The van der Waals surface area contributed by atoms with Crippen molar-refractivity contribution in [2.45, 2.75) is 20.8 Å². The molecule has 1 N–H and O–H groups in total. The standard InChI is InChI=1S/C30H31N3O4S2/c1-6-36-26-16-21(8-14-25(26)37-18-28(34)31-22-9-7-19(2)20(3)15-22)17-27-29(35)33(30(38)39-27)24-12-10-23(11-13-24)32(4)5/h7-17H,6,18H2,1-5H3,(H,31,34)/b27-17-. The molecule has 0 aliphatic carbocycles. The van der Waals surface area contributed by atoms with Gasteiger partial charge in [0.15, 0.2) is 22.4 Å². The van der Waals surface area contributed by atoms with Crippen molar-refractivity contribution >= 4 is 63.3 Å². The van der Waals surface area contributed by atoms with Crippen LogP contribution in [0.5, 0.6) is 11.5 Å². The molecule has 0 saturated carbocycles. The van der Waals surface area contributed by atoms with Crippen LogP contribution in [-0.2, 0) is 9.59 Å². The lowest BCUT2D eigenvalue weighted by Crippen LogP contribution is -2.27. The highest BCUT2D eigenvalue weighted by molar-refractivity contribution is 8.27. The summed E-state index contributed by atoms with van der Waals surface area (Å²) in [4.78, 5) is 29.7. The SMILES string of the molecule is CCOc1cc(/C=C2\SC(=S)N(c3ccc(N(C)C)cc3)C2=O)ccc1OCC(=O)Nc1ccc(C)c(C)c1. The quantitative estimate of drug-likeness (QED) is 0.247. The van der Waals surface area contributed by atoms with Crippen LogP contribution in [0.15, 0.2) is 65.6 Å². The first-order valence-electron chi connectivity index (χ1n) is 12.5. The Morgan fingerprint density at radius 2 is 1.74 bits per heavy atom. The Labute approximate surface area is 238 Å². The molecule has 0 aromatic heterocycles. The van der Waals surface area contributed by atoms with Crippen molar-refractivity contribution < 1.29 is 19.1 Å². The minimum absolute atomic E-state index is 0.169. The molecule has 4 rings (SSSR count). The number of thiocarbonyl (C=S) groups is 1. The van der Waals surface area contributed by atoms with Crippen LogP contribution in [0.25, 0.3) is 6.08 Å². The fourth-order valence-electron chi connectivity index (χ4n) is 3.90. The molecule has 1 fully saturated rings. The summed E-state index contributed by atoms with van der Waals surface area (Å²) in [5.41, 5.74) is 5.50. The number of nitrogens with one attached hydrogen (secondary N) is 1. The molecule has 3 aromatic rings. The first kappa shape index (κ1) is 28.2. The number of carbonyl (C=O) groups excluding carboxylic acids is 2.